The van der Waals surface area contributed by atoms with Crippen molar-refractivity contribution in [3.05, 3.63) is 23.0 Å². The largest absolute Gasteiger partial charge is 0.396 e. The van der Waals surface area contributed by atoms with E-state index in [1.165, 1.54) is 0 Å². The number of benzene rings is 1. The number of nitrogen functional groups attached to an aromatic ring is 1. The number of halogens is 2. The van der Waals surface area contributed by atoms with Crippen molar-refractivity contribution in [3.63, 3.8) is 0 Å². The van der Waals surface area contributed by atoms with Crippen molar-refractivity contribution in [1.29, 1.82) is 0 Å². The first-order valence-corrected chi connectivity index (χ1v) is 7.52. The van der Waals surface area contributed by atoms with Gasteiger partial charge in [0.15, 0.2) is 0 Å². The first kappa shape index (κ1) is 16.2. The van der Waals surface area contributed by atoms with Crippen molar-refractivity contribution in [2.45, 2.75) is 30.8 Å². The molecule has 0 aromatic heterocycles. The maximum atomic E-state index is 13.1. The molecular formula is C11H16ClFN2O3S. The highest BCUT2D eigenvalue weighted by Gasteiger charge is 2.19. The van der Waals surface area contributed by atoms with Crippen LogP contribution in [0, 0.1) is 5.82 Å². The second-order valence-electron chi connectivity index (χ2n) is 4.19. The van der Waals surface area contributed by atoms with Crippen LogP contribution in [0.1, 0.15) is 19.8 Å². The quantitative estimate of drug-likeness (QED) is 0.548. The number of hydrogen-bond acceptors (Lipinski definition) is 4. The SMILES string of the molecule is CC(O)CCCNS(=O)(=O)c1cc(N)c(F)cc1Cl. The predicted molar refractivity (Wildman–Crippen MR) is 71.9 cm³/mol. The van der Waals surface area contributed by atoms with Gasteiger partial charge in [-0.1, -0.05) is 11.6 Å². The van der Waals surface area contributed by atoms with Gasteiger partial charge in [0.25, 0.3) is 0 Å². The molecule has 0 saturated heterocycles. The van der Waals surface area contributed by atoms with E-state index in [1.54, 1.807) is 6.92 Å². The van der Waals surface area contributed by atoms with Crippen molar-refractivity contribution in [2.24, 2.45) is 0 Å². The summed E-state index contributed by atoms with van der Waals surface area (Å²) in [5.74, 6) is -0.766. The minimum Gasteiger partial charge on any atom is -0.396 e. The van der Waals surface area contributed by atoms with E-state index in [4.69, 9.17) is 22.4 Å². The van der Waals surface area contributed by atoms with Crippen LogP contribution in [0.3, 0.4) is 0 Å². The minimum absolute atomic E-state index is 0.154. The number of nitrogens with one attached hydrogen (secondary N) is 1. The van der Waals surface area contributed by atoms with E-state index >= 15 is 0 Å². The average molecular weight is 311 g/mol. The molecule has 1 atom stereocenters. The van der Waals surface area contributed by atoms with Crippen molar-refractivity contribution in [1.82, 2.24) is 4.72 Å². The summed E-state index contributed by atoms with van der Waals surface area (Å²) in [6.07, 6.45) is 0.460. The Bertz CT molecular complexity index is 549. The van der Waals surface area contributed by atoms with E-state index in [-0.39, 0.29) is 22.2 Å². The zero-order chi connectivity index (χ0) is 14.6. The van der Waals surface area contributed by atoms with Gasteiger partial charge in [-0.15, -0.1) is 0 Å². The molecule has 108 valence electrons. The second kappa shape index (κ2) is 6.51. The first-order chi connectivity index (χ1) is 8.74. The van der Waals surface area contributed by atoms with Crippen LogP contribution in [0.15, 0.2) is 17.0 Å². The number of rotatable bonds is 6. The topological polar surface area (TPSA) is 92.4 Å². The van der Waals surface area contributed by atoms with E-state index in [0.717, 1.165) is 12.1 Å². The van der Waals surface area contributed by atoms with Gasteiger partial charge in [-0.2, -0.15) is 0 Å². The molecule has 1 aromatic rings. The molecule has 8 heteroatoms. The number of hydrogen-bond donors (Lipinski definition) is 3. The van der Waals surface area contributed by atoms with Crippen molar-refractivity contribution < 1.29 is 17.9 Å². The van der Waals surface area contributed by atoms with Gasteiger partial charge in [0, 0.05) is 6.54 Å². The zero-order valence-electron chi connectivity index (χ0n) is 10.4. The number of aliphatic hydroxyl groups excluding tert-OH is 1. The van der Waals surface area contributed by atoms with Crippen LogP contribution in [0.4, 0.5) is 10.1 Å². The molecule has 0 bridgehead atoms. The number of anilines is 1. The lowest BCUT2D eigenvalue weighted by Crippen LogP contribution is -2.26. The van der Waals surface area contributed by atoms with E-state index in [1.807, 2.05) is 0 Å². The summed E-state index contributed by atoms with van der Waals surface area (Å²) in [6, 6.07) is 1.84. The van der Waals surface area contributed by atoms with Gasteiger partial charge >= 0.3 is 0 Å². The summed E-state index contributed by atoms with van der Waals surface area (Å²) in [4.78, 5) is -0.259. The predicted octanol–water partition coefficient (Wildman–Crippen LogP) is 1.50. The van der Waals surface area contributed by atoms with Crippen LogP contribution in [-0.4, -0.2) is 26.2 Å². The molecule has 0 aliphatic carbocycles. The van der Waals surface area contributed by atoms with Crippen molar-refractivity contribution >= 4 is 27.3 Å². The fourth-order valence-electron chi connectivity index (χ4n) is 1.43. The van der Waals surface area contributed by atoms with Crippen molar-refractivity contribution in [3.8, 4) is 0 Å². The number of sulfonamides is 1. The average Bonchev–Trinajstić information content (AvgIpc) is 2.29. The van der Waals surface area contributed by atoms with Crippen LogP contribution in [0.2, 0.25) is 5.02 Å². The summed E-state index contributed by atoms with van der Waals surface area (Å²) in [6.45, 7) is 1.77. The van der Waals surface area contributed by atoms with Gasteiger partial charge in [-0.05, 0) is 31.9 Å². The van der Waals surface area contributed by atoms with E-state index in [2.05, 4.69) is 4.72 Å². The fourth-order valence-corrected chi connectivity index (χ4v) is 3.05. The number of nitrogens with two attached hydrogens (primary N) is 1. The summed E-state index contributed by atoms with van der Waals surface area (Å²) < 4.78 is 39.3. The molecule has 19 heavy (non-hydrogen) atoms. The monoisotopic (exact) mass is 310 g/mol. The third-order valence-electron chi connectivity index (χ3n) is 2.43. The third kappa shape index (κ3) is 4.61. The van der Waals surface area contributed by atoms with Crippen LogP contribution in [0.25, 0.3) is 0 Å². The first-order valence-electron chi connectivity index (χ1n) is 5.66. The summed E-state index contributed by atoms with van der Waals surface area (Å²) in [7, 11) is -3.84. The molecule has 5 nitrogen and oxygen atoms in total. The van der Waals surface area contributed by atoms with Crippen LogP contribution >= 0.6 is 11.6 Å². The second-order valence-corrected chi connectivity index (χ2v) is 6.34. The Kier molecular flexibility index (Phi) is 5.54. The lowest BCUT2D eigenvalue weighted by molar-refractivity contribution is 0.182. The molecule has 0 amide bonds. The molecule has 0 fully saturated rings. The van der Waals surface area contributed by atoms with Gasteiger partial charge in [-0.3, -0.25) is 0 Å². The molecule has 1 aromatic carbocycles. The molecule has 4 N–H and O–H groups in total. The van der Waals surface area contributed by atoms with Gasteiger partial charge in [-0.25, -0.2) is 17.5 Å². The highest BCUT2D eigenvalue weighted by atomic mass is 35.5. The Morgan fingerprint density at radius 3 is 2.74 bits per heavy atom. The Morgan fingerprint density at radius 1 is 1.53 bits per heavy atom. The fraction of sp³-hybridized carbons (Fsp3) is 0.455. The summed E-state index contributed by atoms with van der Waals surface area (Å²) in [5.41, 5.74) is 5.04. The molecule has 0 spiro atoms. The van der Waals surface area contributed by atoms with Gasteiger partial charge < -0.3 is 10.8 Å². The van der Waals surface area contributed by atoms with Gasteiger partial charge in [0.1, 0.15) is 10.7 Å². The third-order valence-corrected chi connectivity index (χ3v) is 4.36. The van der Waals surface area contributed by atoms with Crippen LogP contribution in [0.5, 0.6) is 0 Å². The molecule has 1 rings (SSSR count). The van der Waals surface area contributed by atoms with E-state index in [0.29, 0.717) is 12.8 Å². The van der Waals surface area contributed by atoms with Crippen LogP contribution < -0.4 is 10.5 Å². The smallest absolute Gasteiger partial charge is 0.242 e. The molecule has 0 aliphatic rings. The maximum absolute atomic E-state index is 13.1. The highest BCUT2D eigenvalue weighted by Crippen LogP contribution is 2.26. The van der Waals surface area contributed by atoms with Gasteiger partial charge in [0.2, 0.25) is 10.0 Å². The lowest BCUT2D eigenvalue weighted by Gasteiger charge is -2.10. The zero-order valence-corrected chi connectivity index (χ0v) is 11.9. The molecule has 1 unspecified atom stereocenters. The Morgan fingerprint density at radius 2 is 2.16 bits per heavy atom. The highest BCUT2D eigenvalue weighted by molar-refractivity contribution is 7.89. The Labute approximate surface area is 116 Å². The number of aliphatic hydroxyl groups is 1. The molecular weight excluding hydrogens is 295 g/mol. The Hall–Kier alpha value is -0.890. The molecule has 0 saturated carbocycles. The van der Waals surface area contributed by atoms with Crippen LogP contribution in [-0.2, 0) is 10.0 Å². The maximum Gasteiger partial charge on any atom is 0.242 e. The van der Waals surface area contributed by atoms with Gasteiger partial charge in [0.05, 0.1) is 16.8 Å². The van der Waals surface area contributed by atoms with E-state index in [9.17, 15) is 12.8 Å². The lowest BCUT2D eigenvalue weighted by atomic mass is 10.2. The standard InChI is InChI=1S/C11H16ClFN2O3S/c1-7(16)3-2-4-15-19(17,18)11-6-10(14)9(13)5-8(11)12/h5-7,15-16H,2-4,14H2,1H3. The molecule has 0 radical (unpaired) electrons. The summed E-state index contributed by atoms with van der Waals surface area (Å²) >= 11 is 5.69. The Balaban J connectivity index is 2.80. The van der Waals surface area contributed by atoms with Crippen molar-refractivity contribution in [2.75, 3.05) is 12.3 Å². The van der Waals surface area contributed by atoms with E-state index < -0.39 is 21.9 Å². The normalized spacial score (nSPS) is 13.5. The minimum atomic E-state index is -3.84. The molecule has 0 aliphatic heterocycles. The summed E-state index contributed by atoms with van der Waals surface area (Å²) in [5, 5.41) is 8.83. The molecule has 0 heterocycles.